The Morgan fingerprint density at radius 1 is 1.48 bits per heavy atom. The van der Waals surface area contributed by atoms with Gasteiger partial charge in [0.15, 0.2) is 0 Å². The summed E-state index contributed by atoms with van der Waals surface area (Å²) in [4.78, 5) is 11.7. The van der Waals surface area contributed by atoms with Crippen molar-refractivity contribution in [3.8, 4) is 0 Å². The van der Waals surface area contributed by atoms with Gasteiger partial charge >= 0.3 is 6.09 Å². The summed E-state index contributed by atoms with van der Waals surface area (Å²) in [6, 6.07) is 5.26. The largest absolute Gasteiger partial charge is 0.444 e. The fourth-order valence-corrected chi connectivity index (χ4v) is 2.42. The first-order valence-corrected chi connectivity index (χ1v) is 7.35. The number of nitrogens with one attached hydrogen (secondary N) is 2. The molecule has 0 aromatic heterocycles. The van der Waals surface area contributed by atoms with Crippen LogP contribution in [0.25, 0.3) is 0 Å². The normalized spacial score (nSPS) is 18.6. The minimum atomic E-state index is -0.641. The topological polar surface area (TPSA) is 50.4 Å². The van der Waals surface area contributed by atoms with Crippen molar-refractivity contribution in [2.45, 2.75) is 51.7 Å². The molecular weight excluding hydrogens is 271 g/mol. The standard InChI is InChI=1S/C16H23FN2O2/c1-16(2,3)21-15(20)19-14-10-11(6-7-13(14)17)9-12-5-4-8-18-12/h6-7,10,12,18H,4-5,8-9H2,1-3H3,(H,19,20). The molecular formula is C16H23FN2O2. The molecule has 2 N–H and O–H groups in total. The van der Waals surface area contributed by atoms with Crippen LogP contribution in [0, 0.1) is 5.82 Å². The van der Waals surface area contributed by atoms with Gasteiger partial charge in [0.25, 0.3) is 0 Å². The van der Waals surface area contributed by atoms with Crippen molar-refractivity contribution < 1.29 is 13.9 Å². The SMILES string of the molecule is CC(C)(C)OC(=O)Nc1cc(CC2CCCN2)ccc1F. The van der Waals surface area contributed by atoms with Gasteiger partial charge in [-0.15, -0.1) is 0 Å². The molecule has 21 heavy (non-hydrogen) atoms. The summed E-state index contributed by atoms with van der Waals surface area (Å²) < 4.78 is 18.9. The number of carbonyl (C=O) groups is 1. The lowest BCUT2D eigenvalue weighted by Crippen LogP contribution is -2.27. The van der Waals surface area contributed by atoms with Gasteiger partial charge < -0.3 is 10.1 Å². The van der Waals surface area contributed by atoms with Gasteiger partial charge in [-0.05, 0) is 64.3 Å². The molecule has 1 heterocycles. The second kappa shape index (κ2) is 6.43. The molecule has 1 amide bonds. The first-order valence-electron chi connectivity index (χ1n) is 7.35. The zero-order valence-electron chi connectivity index (χ0n) is 12.8. The molecule has 116 valence electrons. The van der Waals surface area contributed by atoms with Gasteiger partial charge in [0.05, 0.1) is 5.69 Å². The van der Waals surface area contributed by atoms with Crippen molar-refractivity contribution in [2.75, 3.05) is 11.9 Å². The van der Waals surface area contributed by atoms with Gasteiger partial charge in [0.2, 0.25) is 0 Å². The molecule has 1 fully saturated rings. The molecule has 1 aromatic rings. The predicted octanol–water partition coefficient (Wildman–Crippen LogP) is 3.47. The third-order valence-electron chi connectivity index (χ3n) is 3.31. The molecule has 2 rings (SSSR count). The Morgan fingerprint density at radius 3 is 2.86 bits per heavy atom. The van der Waals surface area contributed by atoms with Crippen molar-refractivity contribution >= 4 is 11.8 Å². The van der Waals surface area contributed by atoms with E-state index in [9.17, 15) is 9.18 Å². The second-order valence-electron chi connectivity index (χ2n) is 6.44. The Labute approximate surface area is 125 Å². The molecule has 1 saturated heterocycles. The van der Waals surface area contributed by atoms with E-state index in [-0.39, 0.29) is 5.69 Å². The van der Waals surface area contributed by atoms with Crippen LogP contribution < -0.4 is 10.6 Å². The molecule has 0 radical (unpaired) electrons. The van der Waals surface area contributed by atoms with Crippen LogP contribution in [0.15, 0.2) is 18.2 Å². The van der Waals surface area contributed by atoms with Crippen molar-refractivity contribution in [1.29, 1.82) is 0 Å². The summed E-state index contributed by atoms with van der Waals surface area (Å²) in [5.41, 5.74) is 0.563. The van der Waals surface area contributed by atoms with E-state index in [4.69, 9.17) is 4.74 Å². The van der Waals surface area contributed by atoms with E-state index in [2.05, 4.69) is 10.6 Å². The van der Waals surface area contributed by atoms with E-state index in [0.717, 1.165) is 24.9 Å². The summed E-state index contributed by atoms with van der Waals surface area (Å²) >= 11 is 0. The molecule has 0 spiro atoms. The molecule has 0 bridgehead atoms. The van der Waals surface area contributed by atoms with Crippen LogP contribution in [0.3, 0.4) is 0 Å². The Balaban J connectivity index is 2.02. The van der Waals surface area contributed by atoms with Crippen molar-refractivity contribution in [1.82, 2.24) is 5.32 Å². The van der Waals surface area contributed by atoms with E-state index in [1.165, 1.54) is 12.5 Å². The molecule has 1 unspecified atom stereocenters. The maximum Gasteiger partial charge on any atom is 0.412 e. The van der Waals surface area contributed by atoms with Crippen LogP contribution >= 0.6 is 0 Å². The van der Waals surface area contributed by atoms with Crippen LogP contribution in [-0.2, 0) is 11.2 Å². The monoisotopic (exact) mass is 294 g/mol. The predicted molar refractivity (Wildman–Crippen MR) is 81.0 cm³/mol. The Hall–Kier alpha value is -1.62. The summed E-state index contributed by atoms with van der Waals surface area (Å²) in [5.74, 6) is -0.455. The summed E-state index contributed by atoms with van der Waals surface area (Å²) in [6.07, 6.45) is 2.50. The zero-order valence-corrected chi connectivity index (χ0v) is 12.8. The lowest BCUT2D eigenvalue weighted by Gasteiger charge is -2.20. The van der Waals surface area contributed by atoms with Crippen LogP contribution in [-0.4, -0.2) is 24.3 Å². The number of halogens is 1. The number of hydrogen-bond donors (Lipinski definition) is 2. The molecule has 0 saturated carbocycles. The third-order valence-corrected chi connectivity index (χ3v) is 3.31. The smallest absolute Gasteiger partial charge is 0.412 e. The highest BCUT2D eigenvalue weighted by molar-refractivity contribution is 5.85. The molecule has 1 aliphatic heterocycles. The Kier molecular flexibility index (Phi) is 4.83. The molecule has 4 nitrogen and oxygen atoms in total. The Morgan fingerprint density at radius 2 is 2.24 bits per heavy atom. The van der Waals surface area contributed by atoms with Crippen molar-refractivity contribution in [3.05, 3.63) is 29.6 Å². The number of anilines is 1. The minimum Gasteiger partial charge on any atom is -0.444 e. The highest BCUT2D eigenvalue weighted by atomic mass is 19.1. The lowest BCUT2D eigenvalue weighted by molar-refractivity contribution is 0.0635. The zero-order chi connectivity index (χ0) is 15.5. The number of rotatable bonds is 3. The molecule has 0 aliphatic carbocycles. The third kappa shape index (κ3) is 5.01. The molecule has 1 aliphatic rings. The fraction of sp³-hybridized carbons (Fsp3) is 0.562. The quantitative estimate of drug-likeness (QED) is 0.897. The van der Waals surface area contributed by atoms with Gasteiger partial charge in [0.1, 0.15) is 11.4 Å². The van der Waals surface area contributed by atoms with Crippen molar-refractivity contribution in [2.24, 2.45) is 0 Å². The van der Waals surface area contributed by atoms with E-state index in [1.807, 2.05) is 0 Å². The average Bonchev–Trinajstić information content (AvgIpc) is 2.84. The first kappa shape index (κ1) is 15.8. The van der Waals surface area contributed by atoms with E-state index < -0.39 is 17.5 Å². The highest BCUT2D eigenvalue weighted by Gasteiger charge is 2.18. The number of ether oxygens (including phenoxy) is 1. The summed E-state index contributed by atoms with van der Waals surface area (Å²) in [7, 11) is 0. The van der Waals surface area contributed by atoms with Crippen LogP contribution in [0.1, 0.15) is 39.2 Å². The average molecular weight is 294 g/mol. The minimum absolute atomic E-state index is 0.166. The maximum atomic E-state index is 13.8. The van der Waals surface area contributed by atoms with Crippen LogP contribution in [0.5, 0.6) is 0 Å². The molecule has 1 atom stereocenters. The van der Waals surface area contributed by atoms with Gasteiger partial charge in [-0.1, -0.05) is 6.07 Å². The fourth-order valence-electron chi connectivity index (χ4n) is 2.42. The van der Waals surface area contributed by atoms with E-state index >= 15 is 0 Å². The lowest BCUT2D eigenvalue weighted by atomic mass is 10.0. The maximum absolute atomic E-state index is 13.8. The highest BCUT2D eigenvalue weighted by Crippen LogP contribution is 2.20. The van der Waals surface area contributed by atoms with Gasteiger partial charge in [0, 0.05) is 6.04 Å². The van der Waals surface area contributed by atoms with Gasteiger partial charge in [-0.25, -0.2) is 9.18 Å². The number of carbonyl (C=O) groups excluding carboxylic acids is 1. The molecule has 1 aromatic carbocycles. The summed E-state index contributed by atoms with van der Waals surface area (Å²) in [6.45, 7) is 6.34. The number of amides is 1. The van der Waals surface area contributed by atoms with Gasteiger partial charge in [-0.3, -0.25) is 5.32 Å². The van der Waals surface area contributed by atoms with Gasteiger partial charge in [-0.2, -0.15) is 0 Å². The number of benzene rings is 1. The Bertz CT molecular complexity index is 505. The first-order chi connectivity index (χ1) is 9.83. The van der Waals surface area contributed by atoms with Crippen LogP contribution in [0.4, 0.5) is 14.9 Å². The number of hydrogen-bond acceptors (Lipinski definition) is 3. The van der Waals surface area contributed by atoms with Crippen molar-refractivity contribution in [3.63, 3.8) is 0 Å². The molecule has 5 heteroatoms. The summed E-state index contributed by atoms with van der Waals surface area (Å²) in [5, 5.41) is 5.88. The second-order valence-corrected chi connectivity index (χ2v) is 6.44. The van der Waals surface area contributed by atoms with E-state index in [0.29, 0.717) is 6.04 Å². The van der Waals surface area contributed by atoms with E-state index in [1.54, 1.807) is 32.9 Å². The van der Waals surface area contributed by atoms with Crippen LogP contribution in [0.2, 0.25) is 0 Å².